The van der Waals surface area contributed by atoms with Gasteiger partial charge < -0.3 is 19.9 Å². The van der Waals surface area contributed by atoms with Gasteiger partial charge in [-0.3, -0.25) is 4.79 Å². The van der Waals surface area contributed by atoms with E-state index >= 15 is 0 Å². The van der Waals surface area contributed by atoms with Crippen molar-refractivity contribution < 1.29 is 9.53 Å². The van der Waals surface area contributed by atoms with Crippen LogP contribution in [-0.2, 0) is 22.6 Å². The molecule has 1 aromatic heterocycles. The molecule has 0 atom stereocenters. The van der Waals surface area contributed by atoms with Gasteiger partial charge in [0.15, 0.2) is 5.96 Å². The van der Waals surface area contributed by atoms with E-state index in [1.165, 1.54) is 5.56 Å². The molecule has 170 valence electrons. The summed E-state index contributed by atoms with van der Waals surface area (Å²) < 4.78 is 7.30. The highest BCUT2D eigenvalue weighted by molar-refractivity contribution is 14.0. The summed E-state index contributed by atoms with van der Waals surface area (Å²) in [5.74, 6) is 1.71. The topological polar surface area (TPSA) is 80.5 Å². The molecule has 1 heterocycles. The highest BCUT2D eigenvalue weighted by atomic mass is 127. The average molecular weight is 539 g/mol. The summed E-state index contributed by atoms with van der Waals surface area (Å²) in [5, 5.41) is 6.86. The molecule has 31 heavy (non-hydrogen) atoms. The molecule has 1 aliphatic carbocycles. The Morgan fingerprint density at radius 1 is 1.19 bits per heavy atom. The fourth-order valence-corrected chi connectivity index (χ4v) is 3.81. The summed E-state index contributed by atoms with van der Waals surface area (Å²) in [6.45, 7) is 6.46. The summed E-state index contributed by atoms with van der Waals surface area (Å²) in [6.07, 6.45) is 7.42. The molecular weight excluding hydrogens is 505 g/mol. The maximum absolute atomic E-state index is 11.9. The van der Waals surface area contributed by atoms with Crippen LogP contribution in [0.5, 0.6) is 0 Å². The van der Waals surface area contributed by atoms with E-state index in [0.717, 1.165) is 50.6 Å². The predicted molar refractivity (Wildman–Crippen MR) is 134 cm³/mol. The Morgan fingerprint density at radius 3 is 2.61 bits per heavy atom. The van der Waals surface area contributed by atoms with Crippen molar-refractivity contribution in [3.8, 4) is 0 Å². The van der Waals surface area contributed by atoms with Gasteiger partial charge in [-0.15, -0.1) is 24.0 Å². The summed E-state index contributed by atoms with van der Waals surface area (Å²) >= 11 is 0. The molecule has 0 radical (unpaired) electrons. The number of nitrogens with zero attached hydrogens (tertiary/aromatic N) is 3. The number of aromatic nitrogens is 2. The molecular formula is C23H34IN5O2. The molecule has 1 aliphatic rings. The standard InChI is InChI=1S/C23H33N5O2.HI/c1-3-24-23(27-20-12-10-19(11-13-20)22(29)30-4-2)26-16-21-25-14-15-28(21)17-18-8-6-5-7-9-18;/h5-9,14-15,19-20H,3-4,10-13,16-17H2,1-2H3,(H2,24,26,27);1H. The number of imidazole rings is 1. The van der Waals surface area contributed by atoms with Gasteiger partial charge in [0.05, 0.1) is 12.5 Å². The fraction of sp³-hybridized carbons (Fsp3) is 0.522. The number of hydrogen-bond donors (Lipinski definition) is 2. The zero-order valence-corrected chi connectivity index (χ0v) is 20.7. The van der Waals surface area contributed by atoms with Gasteiger partial charge in [0, 0.05) is 31.5 Å². The summed E-state index contributed by atoms with van der Waals surface area (Å²) in [4.78, 5) is 21.2. The van der Waals surface area contributed by atoms with Gasteiger partial charge in [-0.1, -0.05) is 30.3 Å². The van der Waals surface area contributed by atoms with Crippen LogP contribution >= 0.6 is 24.0 Å². The van der Waals surface area contributed by atoms with Crippen LogP contribution in [0.4, 0.5) is 0 Å². The van der Waals surface area contributed by atoms with Gasteiger partial charge in [0.25, 0.3) is 0 Å². The number of nitrogens with one attached hydrogen (secondary N) is 2. The molecule has 1 saturated carbocycles. The van der Waals surface area contributed by atoms with Crippen molar-refractivity contribution in [1.82, 2.24) is 20.2 Å². The van der Waals surface area contributed by atoms with Crippen LogP contribution in [0.25, 0.3) is 0 Å². The monoisotopic (exact) mass is 539 g/mol. The van der Waals surface area contributed by atoms with Crippen LogP contribution in [0.3, 0.4) is 0 Å². The first-order valence-electron chi connectivity index (χ1n) is 10.9. The number of aliphatic imine (C=N–C) groups is 1. The second kappa shape index (κ2) is 13.3. The third-order valence-electron chi connectivity index (χ3n) is 5.41. The van der Waals surface area contributed by atoms with E-state index < -0.39 is 0 Å². The minimum atomic E-state index is -0.0539. The fourth-order valence-electron chi connectivity index (χ4n) is 3.81. The molecule has 0 amide bonds. The number of carbonyl (C=O) groups excluding carboxylic acids is 1. The lowest BCUT2D eigenvalue weighted by Gasteiger charge is -2.29. The normalized spacial score (nSPS) is 18.7. The Kier molecular flexibility index (Phi) is 10.8. The van der Waals surface area contributed by atoms with Crippen molar-refractivity contribution in [3.05, 3.63) is 54.1 Å². The number of benzene rings is 1. The Hall–Kier alpha value is -2.10. The molecule has 0 unspecified atom stereocenters. The molecule has 1 aromatic carbocycles. The zero-order chi connectivity index (χ0) is 21.2. The van der Waals surface area contributed by atoms with Gasteiger partial charge in [-0.2, -0.15) is 0 Å². The first-order valence-corrected chi connectivity index (χ1v) is 10.9. The first-order chi connectivity index (χ1) is 14.7. The Balaban J connectivity index is 0.00000341. The van der Waals surface area contributed by atoms with E-state index in [2.05, 4.69) is 39.2 Å². The number of guanidine groups is 1. The van der Waals surface area contributed by atoms with Crippen LogP contribution < -0.4 is 10.6 Å². The van der Waals surface area contributed by atoms with Crippen molar-refractivity contribution in [1.29, 1.82) is 0 Å². The van der Waals surface area contributed by atoms with Gasteiger partial charge in [0.1, 0.15) is 12.4 Å². The third-order valence-corrected chi connectivity index (χ3v) is 5.41. The second-order valence-corrected chi connectivity index (χ2v) is 7.60. The van der Waals surface area contributed by atoms with Crippen LogP contribution in [0.2, 0.25) is 0 Å². The van der Waals surface area contributed by atoms with Crippen molar-refractivity contribution in [2.45, 2.75) is 58.7 Å². The van der Waals surface area contributed by atoms with Crippen LogP contribution in [0.1, 0.15) is 50.9 Å². The molecule has 1 fully saturated rings. The van der Waals surface area contributed by atoms with Crippen LogP contribution in [-0.4, -0.2) is 40.7 Å². The Morgan fingerprint density at radius 2 is 1.94 bits per heavy atom. The smallest absolute Gasteiger partial charge is 0.308 e. The quantitative estimate of drug-likeness (QED) is 0.231. The van der Waals surface area contributed by atoms with Crippen molar-refractivity contribution in [2.75, 3.05) is 13.2 Å². The zero-order valence-electron chi connectivity index (χ0n) is 18.4. The molecule has 0 aliphatic heterocycles. The maximum Gasteiger partial charge on any atom is 0.308 e. The van der Waals surface area contributed by atoms with Crippen molar-refractivity contribution in [3.63, 3.8) is 0 Å². The summed E-state index contributed by atoms with van der Waals surface area (Å²) in [7, 11) is 0. The molecule has 0 saturated heterocycles. The van der Waals surface area contributed by atoms with Gasteiger partial charge >= 0.3 is 5.97 Å². The van der Waals surface area contributed by atoms with Crippen LogP contribution in [0.15, 0.2) is 47.7 Å². The lowest BCUT2D eigenvalue weighted by Crippen LogP contribution is -2.45. The first kappa shape index (κ1) is 25.2. The second-order valence-electron chi connectivity index (χ2n) is 7.60. The van der Waals surface area contributed by atoms with Gasteiger partial charge in [0.2, 0.25) is 0 Å². The molecule has 7 nitrogen and oxygen atoms in total. The molecule has 0 bridgehead atoms. The van der Waals surface area contributed by atoms with E-state index in [-0.39, 0.29) is 35.9 Å². The Bertz CT molecular complexity index is 816. The van der Waals surface area contributed by atoms with Crippen molar-refractivity contribution >= 4 is 35.9 Å². The van der Waals surface area contributed by atoms with E-state index in [4.69, 9.17) is 9.73 Å². The maximum atomic E-state index is 11.9. The highest BCUT2D eigenvalue weighted by Gasteiger charge is 2.27. The largest absolute Gasteiger partial charge is 0.466 e. The summed E-state index contributed by atoms with van der Waals surface area (Å²) in [5.41, 5.74) is 1.24. The van der Waals surface area contributed by atoms with E-state index in [0.29, 0.717) is 19.2 Å². The number of esters is 1. The van der Waals surface area contributed by atoms with Crippen molar-refractivity contribution in [2.24, 2.45) is 10.9 Å². The Labute approximate surface area is 202 Å². The average Bonchev–Trinajstić information content (AvgIpc) is 3.20. The third kappa shape index (κ3) is 7.83. The van der Waals surface area contributed by atoms with E-state index in [1.54, 1.807) is 0 Å². The lowest BCUT2D eigenvalue weighted by atomic mass is 9.86. The number of halogens is 1. The van der Waals surface area contributed by atoms with Gasteiger partial charge in [-0.25, -0.2) is 9.98 Å². The van der Waals surface area contributed by atoms with Gasteiger partial charge in [-0.05, 0) is 45.1 Å². The summed E-state index contributed by atoms with van der Waals surface area (Å²) in [6, 6.07) is 10.7. The SMILES string of the molecule is CCNC(=NCc1nccn1Cc1ccccc1)NC1CCC(C(=O)OCC)CC1.I. The lowest BCUT2D eigenvalue weighted by molar-refractivity contribution is -0.149. The van der Waals surface area contributed by atoms with Crippen LogP contribution in [0, 0.1) is 5.92 Å². The number of rotatable bonds is 8. The highest BCUT2D eigenvalue weighted by Crippen LogP contribution is 2.25. The number of ether oxygens (including phenoxy) is 1. The molecule has 2 N–H and O–H groups in total. The van der Waals surface area contributed by atoms with E-state index in [9.17, 15) is 4.79 Å². The number of carbonyl (C=O) groups is 1. The number of hydrogen-bond acceptors (Lipinski definition) is 4. The molecule has 0 spiro atoms. The van der Waals surface area contributed by atoms with E-state index in [1.807, 2.05) is 37.5 Å². The molecule has 3 rings (SSSR count). The predicted octanol–water partition coefficient (Wildman–Crippen LogP) is 3.73. The molecule has 2 aromatic rings. The molecule has 8 heteroatoms. The minimum Gasteiger partial charge on any atom is -0.466 e. The minimum absolute atomic E-state index is 0.